The first-order valence-electron chi connectivity index (χ1n) is 10.0. The highest BCUT2D eigenvalue weighted by Crippen LogP contribution is 2.25. The zero-order valence-corrected chi connectivity index (χ0v) is 18.6. The second kappa shape index (κ2) is 7.88. The molecule has 0 saturated heterocycles. The second-order valence-electron chi connectivity index (χ2n) is 7.24. The number of halogens is 1. The van der Waals surface area contributed by atoms with E-state index in [1.165, 1.54) is 39.3 Å². The van der Waals surface area contributed by atoms with Crippen molar-refractivity contribution in [2.24, 2.45) is 0 Å². The van der Waals surface area contributed by atoms with Gasteiger partial charge >= 0.3 is 0 Å². The zero-order chi connectivity index (χ0) is 22.4. The number of aromatic nitrogens is 5. The Kier molecular flexibility index (Phi) is 4.70. The minimum atomic E-state index is -0.319. The van der Waals surface area contributed by atoms with Gasteiger partial charge in [0.05, 0.1) is 15.1 Å². The average Bonchev–Trinajstić information content (AvgIpc) is 3.62. The highest BCUT2D eigenvalue weighted by atomic mass is 32.1. The van der Waals surface area contributed by atoms with Crippen molar-refractivity contribution in [1.29, 1.82) is 0 Å². The Hall–Kier alpha value is -3.95. The maximum atomic E-state index is 13.5. The van der Waals surface area contributed by atoms with Crippen molar-refractivity contribution in [1.82, 2.24) is 24.4 Å². The third-order valence-electron chi connectivity index (χ3n) is 5.09. The van der Waals surface area contributed by atoms with E-state index in [4.69, 9.17) is 5.10 Å². The first-order valence-corrected chi connectivity index (χ1v) is 11.7. The van der Waals surface area contributed by atoms with Gasteiger partial charge in [0.1, 0.15) is 11.5 Å². The largest absolute Gasteiger partial charge is 0.291 e. The molecule has 6 nitrogen and oxygen atoms in total. The Morgan fingerprint density at radius 2 is 1.76 bits per heavy atom. The van der Waals surface area contributed by atoms with Gasteiger partial charge in [-0.25, -0.2) is 9.07 Å². The lowest BCUT2D eigenvalue weighted by Crippen LogP contribution is -2.23. The van der Waals surface area contributed by atoms with E-state index in [9.17, 15) is 9.18 Å². The Morgan fingerprint density at radius 1 is 0.939 bits per heavy atom. The first kappa shape index (κ1) is 19.7. The molecule has 0 fully saturated rings. The Morgan fingerprint density at radius 3 is 2.48 bits per heavy atom. The van der Waals surface area contributed by atoms with Crippen LogP contribution >= 0.6 is 22.7 Å². The number of hydrogen-bond donors (Lipinski definition) is 0. The molecule has 4 heterocycles. The van der Waals surface area contributed by atoms with Crippen LogP contribution in [0.5, 0.6) is 0 Å². The SMILES string of the molecule is O=c1c(=Cc2cn(-c3ccccc3)nc2-c2ccc(F)cc2)sc2nc(-c3cccs3)nn12. The van der Waals surface area contributed by atoms with E-state index in [0.717, 1.165) is 21.7 Å². The van der Waals surface area contributed by atoms with E-state index in [2.05, 4.69) is 10.1 Å². The number of nitrogens with zero attached hydrogens (tertiary/aromatic N) is 5. The lowest BCUT2D eigenvalue weighted by Gasteiger charge is -2.00. The van der Waals surface area contributed by atoms with Crippen LogP contribution in [0.15, 0.2) is 83.1 Å². The molecule has 0 saturated carbocycles. The fourth-order valence-corrected chi connectivity index (χ4v) is 5.07. The molecule has 0 aliphatic heterocycles. The van der Waals surface area contributed by atoms with Crippen molar-refractivity contribution in [3.63, 3.8) is 0 Å². The van der Waals surface area contributed by atoms with E-state index in [0.29, 0.717) is 21.0 Å². The molecule has 0 radical (unpaired) electrons. The molecule has 0 unspecified atom stereocenters. The van der Waals surface area contributed by atoms with Gasteiger partial charge in [0.25, 0.3) is 5.56 Å². The molecule has 0 aliphatic carbocycles. The summed E-state index contributed by atoms with van der Waals surface area (Å²) in [7, 11) is 0. The molecule has 160 valence electrons. The van der Waals surface area contributed by atoms with Gasteiger partial charge in [-0.15, -0.1) is 16.4 Å². The highest BCUT2D eigenvalue weighted by molar-refractivity contribution is 7.15. The van der Waals surface area contributed by atoms with E-state index < -0.39 is 0 Å². The minimum absolute atomic E-state index is 0.233. The maximum absolute atomic E-state index is 13.5. The van der Waals surface area contributed by atoms with Gasteiger partial charge in [-0.05, 0) is 53.9 Å². The van der Waals surface area contributed by atoms with E-state index in [1.807, 2.05) is 54.0 Å². The van der Waals surface area contributed by atoms with Crippen molar-refractivity contribution >= 4 is 33.7 Å². The molecule has 0 N–H and O–H groups in total. The normalized spacial score (nSPS) is 12.1. The van der Waals surface area contributed by atoms with Crippen LogP contribution in [0, 0.1) is 5.82 Å². The monoisotopic (exact) mass is 471 g/mol. The second-order valence-corrected chi connectivity index (χ2v) is 9.20. The molecule has 6 aromatic rings. The van der Waals surface area contributed by atoms with Crippen molar-refractivity contribution in [3.8, 4) is 27.6 Å². The third-order valence-corrected chi connectivity index (χ3v) is 6.92. The predicted molar refractivity (Wildman–Crippen MR) is 128 cm³/mol. The molecule has 9 heteroatoms. The maximum Gasteiger partial charge on any atom is 0.291 e. The molecule has 4 aromatic heterocycles. The smallest absolute Gasteiger partial charge is 0.266 e. The van der Waals surface area contributed by atoms with Crippen LogP contribution in [-0.4, -0.2) is 24.4 Å². The Balaban J connectivity index is 1.51. The number of fused-ring (bicyclic) bond motifs is 1. The fourth-order valence-electron chi connectivity index (χ4n) is 3.52. The number of thiazole rings is 1. The summed E-state index contributed by atoms with van der Waals surface area (Å²) < 4.78 is 17.1. The van der Waals surface area contributed by atoms with Crippen LogP contribution in [-0.2, 0) is 0 Å². The summed E-state index contributed by atoms with van der Waals surface area (Å²) in [4.78, 5) is 19.0. The molecule has 0 bridgehead atoms. The van der Waals surface area contributed by atoms with Crippen molar-refractivity contribution in [3.05, 3.63) is 105 Å². The summed E-state index contributed by atoms with van der Waals surface area (Å²) in [5.74, 6) is 0.226. The van der Waals surface area contributed by atoms with Crippen LogP contribution in [0.4, 0.5) is 4.39 Å². The fraction of sp³-hybridized carbons (Fsp3) is 0. The molecule has 33 heavy (non-hydrogen) atoms. The Bertz CT molecular complexity index is 1680. The number of para-hydroxylation sites is 1. The summed E-state index contributed by atoms with van der Waals surface area (Å²) in [6, 6.07) is 19.7. The standard InChI is InChI=1S/C24H14FN5OS2/c25-17-10-8-15(9-11-17)21-16(14-29(27-21)18-5-2-1-3-6-18)13-20-23(31)30-24(33-20)26-22(28-30)19-7-4-12-32-19/h1-14H. The van der Waals surface area contributed by atoms with Gasteiger partial charge < -0.3 is 0 Å². The van der Waals surface area contributed by atoms with Crippen molar-refractivity contribution in [2.45, 2.75) is 0 Å². The van der Waals surface area contributed by atoms with Gasteiger partial charge in [0.15, 0.2) is 5.82 Å². The van der Waals surface area contributed by atoms with E-state index in [-0.39, 0.29) is 11.4 Å². The van der Waals surface area contributed by atoms with Crippen LogP contribution in [0.2, 0.25) is 0 Å². The summed E-state index contributed by atoms with van der Waals surface area (Å²) in [6.07, 6.45) is 3.65. The van der Waals surface area contributed by atoms with Crippen LogP contribution < -0.4 is 10.1 Å². The molecule has 0 amide bonds. The summed E-state index contributed by atoms with van der Waals surface area (Å²) in [5, 5.41) is 11.1. The third kappa shape index (κ3) is 3.57. The van der Waals surface area contributed by atoms with Crippen LogP contribution in [0.1, 0.15) is 5.56 Å². The van der Waals surface area contributed by atoms with Gasteiger partial charge in [-0.2, -0.15) is 14.6 Å². The first-order chi connectivity index (χ1) is 16.2. The molecular weight excluding hydrogens is 457 g/mol. The molecule has 2 aromatic carbocycles. The highest BCUT2D eigenvalue weighted by Gasteiger charge is 2.15. The quantitative estimate of drug-likeness (QED) is 0.382. The van der Waals surface area contributed by atoms with Crippen molar-refractivity contribution in [2.75, 3.05) is 0 Å². The molecule has 0 aliphatic rings. The number of benzene rings is 2. The minimum Gasteiger partial charge on any atom is -0.266 e. The summed E-state index contributed by atoms with van der Waals surface area (Å²) in [6.45, 7) is 0. The summed E-state index contributed by atoms with van der Waals surface area (Å²) in [5.41, 5.74) is 2.79. The molecule has 0 spiro atoms. The average molecular weight is 472 g/mol. The predicted octanol–water partition coefficient (Wildman–Crippen LogP) is 4.42. The van der Waals surface area contributed by atoms with Gasteiger partial charge in [0, 0.05) is 17.3 Å². The van der Waals surface area contributed by atoms with Gasteiger partial charge in [-0.1, -0.05) is 35.6 Å². The molecule has 6 rings (SSSR count). The molecular formula is C24H14FN5OS2. The molecule has 0 atom stereocenters. The number of thiophene rings is 1. The number of rotatable bonds is 4. The topological polar surface area (TPSA) is 65.1 Å². The summed E-state index contributed by atoms with van der Waals surface area (Å²) >= 11 is 2.80. The Labute approximate surface area is 194 Å². The van der Waals surface area contributed by atoms with E-state index in [1.54, 1.807) is 22.9 Å². The van der Waals surface area contributed by atoms with Crippen LogP contribution in [0.3, 0.4) is 0 Å². The van der Waals surface area contributed by atoms with Crippen molar-refractivity contribution < 1.29 is 4.39 Å². The lowest BCUT2D eigenvalue weighted by molar-refractivity contribution is 0.628. The zero-order valence-electron chi connectivity index (χ0n) is 16.9. The van der Waals surface area contributed by atoms with Crippen LogP contribution in [0.25, 0.3) is 38.7 Å². The number of hydrogen-bond acceptors (Lipinski definition) is 6. The van der Waals surface area contributed by atoms with E-state index >= 15 is 0 Å². The van der Waals surface area contributed by atoms with Gasteiger partial charge in [-0.3, -0.25) is 4.79 Å². The lowest BCUT2D eigenvalue weighted by atomic mass is 10.1. The van der Waals surface area contributed by atoms with Gasteiger partial charge in [0.2, 0.25) is 4.96 Å².